The van der Waals surface area contributed by atoms with Gasteiger partial charge in [0, 0.05) is 29.0 Å². The molecule has 4 nitrogen and oxygen atoms in total. The third kappa shape index (κ3) is 2.39. The minimum Gasteiger partial charge on any atom is -0.393 e. The predicted molar refractivity (Wildman–Crippen MR) is 79.5 cm³/mol. The van der Waals surface area contributed by atoms with Gasteiger partial charge in [0.15, 0.2) is 0 Å². The first-order valence-electron chi connectivity index (χ1n) is 6.50. The van der Waals surface area contributed by atoms with Crippen LogP contribution in [0, 0.1) is 0 Å². The number of piperidine rings is 1. The minimum absolute atomic E-state index is 0.130. The Bertz CT molecular complexity index is 660. The monoisotopic (exact) mass is 312 g/mol. The molecule has 1 saturated heterocycles. The highest BCUT2D eigenvalue weighted by Gasteiger charge is 2.25. The molecule has 2 heterocycles. The molecule has 20 heavy (non-hydrogen) atoms. The largest absolute Gasteiger partial charge is 0.393 e. The normalized spacial score (nSPS) is 16.9. The number of likely N-dealkylation sites (tertiary alicyclic amines) is 1. The Morgan fingerprint density at radius 3 is 2.70 bits per heavy atom. The lowest BCUT2D eigenvalue weighted by Crippen LogP contribution is -2.40. The fourth-order valence-corrected chi connectivity index (χ4v) is 2.96. The number of hydrogen-bond acceptors (Lipinski definition) is 2. The van der Waals surface area contributed by atoms with Crippen molar-refractivity contribution in [2.24, 2.45) is 0 Å². The van der Waals surface area contributed by atoms with Crippen LogP contribution < -0.4 is 0 Å². The summed E-state index contributed by atoms with van der Waals surface area (Å²) in [6.45, 7) is 1.10. The molecule has 1 aliphatic heterocycles. The second-order valence-corrected chi connectivity index (χ2v) is 5.84. The van der Waals surface area contributed by atoms with Crippen molar-refractivity contribution in [2.75, 3.05) is 13.1 Å². The van der Waals surface area contributed by atoms with Gasteiger partial charge in [0.05, 0.1) is 11.1 Å². The third-order valence-electron chi connectivity index (χ3n) is 3.66. The summed E-state index contributed by atoms with van der Waals surface area (Å²) in [5.41, 5.74) is 1.18. The van der Waals surface area contributed by atoms with E-state index in [2.05, 4.69) is 4.98 Å². The van der Waals surface area contributed by atoms with Crippen molar-refractivity contribution >= 4 is 40.0 Å². The van der Waals surface area contributed by atoms with Gasteiger partial charge in [-0.2, -0.15) is 0 Å². The lowest BCUT2D eigenvalue weighted by Gasteiger charge is -2.29. The van der Waals surface area contributed by atoms with Crippen LogP contribution in [0.25, 0.3) is 10.9 Å². The summed E-state index contributed by atoms with van der Waals surface area (Å²) in [5, 5.41) is 11.2. The summed E-state index contributed by atoms with van der Waals surface area (Å²) in [4.78, 5) is 17.2. The number of nitrogens with one attached hydrogen (secondary N) is 1. The quantitative estimate of drug-likeness (QED) is 0.850. The number of aromatic nitrogens is 1. The van der Waals surface area contributed by atoms with Crippen molar-refractivity contribution in [1.29, 1.82) is 0 Å². The molecule has 1 aliphatic rings. The highest BCUT2D eigenvalue weighted by atomic mass is 35.5. The first-order chi connectivity index (χ1) is 9.56. The standard InChI is InChI=1S/C14H14Cl2N2O2/c15-8-1-2-11-10(7-8)12(16)13(17-11)14(20)18-5-3-9(19)4-6-18/h1-2,7,9,17,19H,3-6H2. The molecule has 0 unspecified atom stereocenters. The van der Waals surface area contributed by atoms with Crippen LogP contribution in [-0.4, -0.2) is 40.1 Å². The molecule has 1 aromatic carbocycles. The van der Waals surface area contributed by atoms with E-state index in [9.17, 15) is 9.90 Å². The molecule has 1 fully saturated rings. The van der Waals surface area contributed by atoms with Gasteiger partial charge in [0.2, 0.25) is 0 Å². The van der Waals surface area contributed by atoms with Crippen molar-refractivity contribution in [3.63, 3.8) is 0 Å². The lowest BCUT2D eigenvalue weighted by atomic mass is 10.1. The fraction of sp³-hybridized carbons (Fsp3) is 0.357. The van der Waals surface area contributed by atoms with Gasteiger partial charge >= 0.3 is 0 Å². The number of nitrogens with zero attached hydrogens (tertiary/aromatic N) is 1. The number of benzene rings is 1. The Balaban J connectivity index is 1.93. The average Bonchev–Trinajstić information content (AvgIpc) is 2.76. The Morgan fingerprint density at radius 2 is 2.00 bits per heavy atom. The van der Waals surface area contributed by atoms with E-state index in [1.165, 1.54) is 0 Å². The Morgan fingerprint density at radius 1 is 1.30 bits per heavy atom. The van der Waals surface area contributed by atoms with Crippen LogP contribution in [-0.2, 0) is 0 Å². The molecule has 2 N–H and O–H groups in total. The molecule has 0 saturated carbocycles. The van der Waals surface area contributed by atoms with E-state index in [-0.39, 0.29) is 12.0 Å². The topological polar surface area (TPSA) is 56.3 Å². The number of aliphatic hydroxyl groups is 1. The fourth-order valence-electron chi connectivity index (χ4n) is 2.51. The second kappa shape index (κ2) is 5.28. The van der Waals surface area contributed by atoms with Gasteiger partial charge in [-0.1, -0.05) is 23.2 Å². The zero-order chi connectivity index (χ0) is 14.3. The van der Waals surface area contributed by atoms with E-state index in [0.29, 0.717) is 41.7 Å². The van der Waals surface area contributed by atoms with Crippen molar-refractivity contribution in [2.45, 2.75) is 18.9 Å². The summed E-state index contributed by atoms with van der Waals surface area (Å²) in [6.07, 6.45) is 0.904. The molecule has 0 radical (unpaired) electrons. The SMILES string of the molecule is O=C(c1[nH]c2ccc(Cl)cc2c1Cl)N1CCC(O)CC1. The lowest BCUT2D eigenvalue weighted by molar-refractivity contribution is 0.0542. The van der Waals surface area contributed by atoms with Crippen LogP contribution in [0.4, 0.5) is 0 Å². The molecule has 6 heteroatoms. The van der Waals surface area contributed by atoms with Crippen LogP contribution in [0.5, 0.6) is 0 Å². The highest BCUT2D eigenvalue weighted by Crippen LogP contribution is 2.30. The maximum absolute atomic E-state index is 12.5. The molecule has 0 aliphatic carbocycles. The van der Waals surface area contributed by atoms with Gasteiger partial charge in [-0.25, -0.2) is 0 Å². The number of aromatic amines is 1. The molecule has 1 amide bonds. The van der Waals surface area contributed by atoms with Crippen LogP contribution in [0.3, 0.4) is 0 Å². The van der Waals surface area contributed by atoms with E-state index in [1.54, 1.807) is 23.1 Å². The number of fused-ring (bicyclic) bond motifs is 1. The van der Waals surface area contributed by atoms with Crippen molar-refractivity contribution in [3.8, 4) is 0 Å². The van der Waals surface area contributed by atoms with E-state index < -0.39 is 0 Å². The number of carbonyl (C=O) groups is 1. The summed E-state index contributed by atoms with van der Waals surface area (Å²) < 4.78 is 0. The molecular formula is C14H14Cl2N2O2. The van der Waals surface area contributed by atoms with Crippen LogP contribution in [0.1, 0.15) is 23.3 Å². The first kappa shape index (κ1) is 13.7. The second-order valence-electron chi connectivity index (χ2n) is 5.03. The van der Waals surface area contributed by atoms with Gasteiger partial charge < -0.3 is 15.0 Å². The molecule has 0 spiro atoms. The van der Waals surface area contributed by atoms with Gasteiger partial charge in [0.1, 0.15) is 5.69 Å². The van der Waals surface area contributed by atoms with Gasteiger partial charge in [-0.15, -0.1) is 0 Å². The number of H-pyrrole nitrogens is 1. The number of rotatable bonds is 1. The Labute approximate surface area is 126 Å². The maximum Gasteiger partial charge on any atom is 0.271 e. The van der Waals surface area contributed by atoms with Gasteiger partial charge in [-0.3, -0.25) is 4.79 Å². The number of halogens is 2. The van der Waals surface area contributed by atoms with Crippen LogP contribution >= 0.6 is 23.2 Å². The molecular weight excluding hydrogens is 299 g/mol. The number of aliphatic hydroxyl groups excluding tert-OH is 1. The van der Waals surface area contributed by atoms with E-state index in [1.807, 2.05) is 0 Å². The first-order valence-corrected chi connectivity index (χ1v) is 7.26. The molecule has 0 bridgehead atoms. The van der Waals surface area contributed by atoms with E-state index >= 15 is 0 Å². The predicted octanol–water partition coefficient (Wildman–Crippen LogP) is 3.07. The van der Waals surface area contributed by atoms with Crippen molar-refractivity contribution in [1.82, 2.24) is 9.88 Å². The van der Waals surface area contributed by atoms with Crippen LogP contribution in [0.15, 0.2) is 18.2 Å². The summed E-state index contributed by atoms with van der Waals surface area (Å²) in [6, 6.07) is 5.30. The zero-order valence-corrected chi connectivity index (χ0v) is 12.2. The molecule has 0 atom stereocenters. The van der Waals surface area contributed by atoms with Crippen LogP contribution in [0.2, 0.25) is 10.0 Å². The number of hydrogen-bond donors (Lipinski definition) is 2. The Kier molecular flexibility index (Phi) is 3.63. The smallest absolute Gasteiger partial charge is 0.271 e. The molecule has 3 rings (SSSR count). The van der Waals surface area contributed by atoms with Gasteiger partial charge in [-0.05, 0) is 31.0 Å². The third-order valence-corrected chi connectivity index (χ3v) is 4.29. The van der Waals surface area contributed by atoms with E-state index in [0.717, 1.165) is 10.9 Å². The highest BCUT2D eigenvalue weighted by molar-refractivity contribution is 6.39. The van der Waals surface area contributed by atoms with Gasteiger partial charge in [0.25, 0.3) is 5.91 Å². The molecule has 106 valence electrons. The van der Waals surface area contributed by atoms with Crippen molar-refractivity contribution in [3.05, 3.63) is 33.9 Å². The maximum atomic E-state index is 12.5. The van der Waals surface area contributed by atoms with E-state index in [4.69, 9.17) is 23.2 Å². The molecule has 1 aromatic heterocycles. The number of carbonyl (C=O) groups excluding carboxylic acids is 1. The summed E-state index contributed by atoms with van der Waals surface area (Å²) in [7, 11) is 0. The summed E-state index contributed by atoms with van der Waals surface area (Å²) in [5.74, 6) is -0.130. The zero-order valence-electron chi connectivity index (χ0n) is 10.7. The Hall–Kier alpha value is -1.23. The minimum atomic E-state index is -0.309. The average molecular weight is 313 g/mol. The van der Waals surface area contributed by atoms with Crippen molar-refractivity contribution < 1.29 is 9.90 Å². The number of amides is 1. The summed E-state index contributed by atoms with van der Waals surface area (Å²) >= 11 is 12.2. The molecule has 2 aromatic rings.